The zero-order chi connectivity index (χ0) is 26.7. The quantitative estimate of drug-likeness (QED) is 0.378. The molecule has 0 radical (unpaired) electrons. The highest BCUT2D eigenvalue weighted by Gasteiger charge is 2.41. The van der Waals surface area contributed by atoms with Gasteiger partial charge in [-0.25, -0.2) is 9.18 Å². The summed E-state index contributed by atoms with van der Waals surface area (Å²) in [5.41, 5.74) is 1.04. The minimum atomic E-state index is -5.32. The monoisotopic (exact) mass is 514 g/mol. The van der Waals surface area contributed by atoms with E-state index in [1.54, 1.807) is 0 Å². The Hall–Kier alpha value is -4.05. The van der Waals surface area contributed by atoms with Crippen molar-refractivity contribution >= 4 is 11.8 Å². The molecular weight excluding hydrogens is 497 g/mol. The second-order valence-corrected chi connectivity index (χ2v) is 7.28. The SMILES string of the molecule is CN(C(=O)Oc1c(-c2cnn(CC#CCN)c2)cc(C(F)(F)F)cc1C(F)(F)F)c1ccc(F)cc1. The van der Waals surface area contributed by atoms with Crippen LogP contribution in [0.2, 0.25) is 0 Å². The van der Waals surface area contributed by atoms with Gasteiger partial charge in [-0.2, -0.15) is 31.4 Å². The van der Waals surface area contributed by atoms with Gasteiger partial charge in [-0.3, -0.25) is 9.58 Å². The predicted octanol–water partition coefficient (Wildman–Crippen LogP) is 5.32. The third-order valence-corrected chi connectivity index (χ3v) is 4.81. The van der Waals surface area contributed by atoms with Crippen LogP contribution in [0.4, 0.5) is 41.2 Å². The molecule has 3 aromatic rings. The molecule has 0 atom stereocenters. The first-order valence-corrected chi connectivity index (χ1v) is 10.0. The summed E-state index contributed by atoms with van der Waals surface area (Å²) in [7, 11) is 1.14. The fraction of sp³-hybridized carbons (Fsp3) is 0.217. The summed E-state index contributed by atoms with van der Waals surface area (Å²) in [5, 5.41) is 3.88. The molecule has 3 rings (SSSR count). The highest BCUT2D eigenvalue weighted by atomic mass is 19.4. The summed E-state index contributed by atoms with van der Waals surface area (Å²) >= 11 is 0. The predicted molar refractivity (Wildman–Crippen MR) is 115 cm³/mol. The number of hydrogen-bond donors (Lipinski definition) is 1. The Bertz CT molecular complexity index is 1300. The number of rotatable bonds is 4. The van der Waals surface area contributed by atoms with Gasteiger partial charge >= 0.3 is 18.4 Å². The van der Waals surface area contributed by atoms with Crippen LogP contribution in [0.1, 0.15) is 11.1 Å². The molecule has 0 saturated carbocycles. The van der Waals surface area contributed by atoms with E-state index in [1.807, 2.05) is 0 Å². The van der Waals surface area contributed by atoms with Crippen LogP contribution in [0.15, 0.2) is 48.8 Å². The summed E-state index contributed by atoms with van der Waals surface area (Å²) < 4.78 is 101. The van der Waals surface area contributed by atoms with Crippen LogP contribution < -0.4 is 15.4 Å². The largest absolute Gasteiger partial charge is 0.420 e. The minimum Gasteiger partial charge on any atom is -0.409 e. The molecule has 0 fully saturated rings. The summed E-state index contributed by atoms with van der Waals surface area (Å²) in [6.07, 6.45) is -9.63. The van der Waals surface area contributed by atoms with E-state index in [9.17, 15) is 35.5 Å². The van der Waals surface area contributed by atoms with E-state index in [0.29, 0.717) is 6.07 Å². The first-order valence-electron chi connectivity index (χ1n) is 10.0. The van der Waals surface area contributed by atoms with Crippen LogP contribution in [-0.2, 0) is 18.9 Å². The Balaban J connectivity index is 2.14. The number of alkyl halides is 6. The van der Waals surface area contributed by atoms with Gasteiger partial charge in [0.25, 0.3) is 0 Å². The molecule has 0 aliphatic rings. The van der Waals surface area contributed by atoms with Crippen LogP contribution in [0.3, 0.4) is 0 Å². The van der Waals surface area contributed by atoms with E-state index >= 15 is 0 Å². The fourth-order valence-electron chi connectivity index (χ4n) is 3.05. The highest BCUT2D eigenvalue weighted by Crippen LogP contribution is 2.46. The van der Waals surface area contributed by atoms with Crippen molar-refractivity contribution in [1.82, 2.24) is 9.78 Å². The number of nitrogens with zero attached hydrogens (tertiary/aromatic N) is 3. The van der Waals surface area contributed by atoms with Crippen molar-refractivity contribution in [3.8, 4) is 28.7 Å². The number of carbonyl (C=O) groups is 1. The minimum absolute atomic E-state index is 0.0370. The van der Waals surface area contributed by atoms with Gasteiger partial charge in [-0.1, -0.05) is 11.8 Å². The van der Waals surface area contributed by atoms with E-state index in [-0.39, 0.29) is 30.4 Å². The van der Waals surface area contributed by atoms with Crippen molar-refractivity contribution in [1.29, 1.82) is 0 Å². The fourth-order valence-corrected chi connectivity index (χ4v) is 3.05. The van der Waals surface area contributed by atoms with Crippen LogP contribution in [-0.4, -0.2) is 29.5 Å². The van der Waals surface area contributed by atoms with Gasteiger partial charge < -0.3 is 10.5 Å². The molecule has 2 aromatic carbocycles. The second-order valence-electron chi connectivity index (χ2n) is 7.28. The molecule has 13 heteroatoms. The third kappa shape index (κ3) is 6.14. The highest BCUT2D eigenvalue weighted by molar-refractivity contribution is 5.90. The Morgan fingerprint density at radius 3 is 2.33 bits per heavy atom. The number of amides is 1. The lowest BCUT2D eigenvalue weighted by Crippen LogP contribution is -2.30. The van der Waals surface area contributed by atoms with Crippen molar-refractivity contribution in [2.45, 2.75) is 18.9 Å². The second kappa shape index (κ2) is 10.3. The molecule has 0 unspecified atom stereocenters. The van der Waals surface area contributed by atoms with Crippen molar-refractivity contribution < 1.29 is 40.3 Å². The Morgan fingerprint density at radius 2 is 1.75 bits per heavy atom. The first kappa shape index (κ1) is 26.6. The first-order chi connectivity index (χ1) is 16.8. The van der Waals surface area contributed by atoms with Crippen LogP contribution in [0.5, 0.6) is 5.75 Å². The molecule has 36 heavy (non-hydrogen) atoms. The molecule has 1 heterocycles. The van der Waals surface area contributed by atoms with Gasteiger partial charge in [-0.05, 0) is 36.4 Å². The molecule has 190 valence electrons. The zero-order valence-corrected chi connectivity index (χ0v) is 18.4. The molecule has 2 N–H and O–H groups in total. The van der Waals surface area contributed by atoms with Crippen LogP contribution in [0.25, 0.3) is 11.1 Å². The molecule has 0 saturated heterocycles. The summed E-state index contributed by atoms with van der Waals surface area (Å²) in [6, 6.07) is 4.64. The number of aromatic nitrogens is 2. The van der Waals surface area contributed by atoms with Gasteiger partial charge in [0.1, 0.15) is 12.4 Å². The number of benzene rings is 2. The summed E-state index contributed by atoms with van der Waals surface area (Å²) in [5.74, 6) is 3.38. The van der Waals surface area contributed by atoms with E-state index in [4.69, 9.17) is 10.5 Å². The van der Waals surface area contributed by atoms with E-state index < -0.39 is 46.7 Å². The molecule has 1 aromatic heterocycles. The van der Waals surface area contributed by atoms with E-state index in [0.717, 1.165) is 36.5 Å². The van der Waals surface area contributed by atoms with E-state index in [2.05, 4.69) is 16.9 Å². The maximum Gasteiger partial charge on any atom is 0.420 e. The molecule has 1 amide bonds. The number of hydrogen-bond acceptors (Lipinski definition) is 4. The maximum atomic E-state index is 13.9. The van der Waals surface area contributed by atoms with Crippen LogP contribution in [0, 0.1) is 17.7 Å². The van der Waals surface area contributed by atoms with E-state index in [1.165, 1.54) is 16.8 Å². The van der Waals surface area contributed by atoms with Crippen molar-refractivity contribution in [3.05, 3.63) is 65.7 Å². The Kier molecular flexibility index (Phi) is 7.59. The lowest BCUT2D eigenvalue weighted by molar-refractivity contribution is -0.143. The number of carbonyl (C=O) groups excluding carboxylic acids is 1. The van der Waals surface area contributed by atoms with Gasteiger partial charge in [0.15, 0.2) is 5.75 Å². The molecule has 0 bridgehead atoms. The number of nitrogens with two attached hydrogens (primary N) is 1. The number of anilines is 1. The van der Waals surface area contributed by atoms with Crippen LogP contribution >= 0.6 is 0 Å². The Labute approximate surface area is 200 Å². The molecule has 0 aliphatic heterocycles. The molecule has 0 spiro atoms. The molecular formula is C23H17F7N4O2. The third-order valence-electron chi connectivity index (χ3n) is 4.81. The summed E-state index contributed by atoms with van der Waals surface area (Å²) in [6.45, 7) is 0.00306. The Morgan fingerprint density at radius 1 is 1.08 bits per heavy atom. The lowest BCUT2D eigenvalue weighted by Gasteiger charge is -2.22. The number of ether oxygens (including phenoxy) is 1. The number of halogens is 7. The average molecular weight is 514 g/mol. The van der Waals surface area contributed by atoms with Gasteiger partial charge in [0.2, 0.25) is 0 Å². The van der Waals surface area contributed by atoms with Crippen molar-refractivity contribution in [3.63, 3.8) is 0 Å². The van der Waals surface area contributed by atoms with Gasteiger partial charge in [0, 0.05) is 30.1 Å². The standard InChI is InChI=1S/C23H17F7N4O2/c1-33(17-6-4-16(24)5-7-17)21(35)36-20-18(14-12-32-34(13-14)9-3-2-8-31)10-15(22(25,26)27)11-19(20)23(28,29)30/h4-7,10-13H,8-9,31H2,1H3. The van der Waals surface area contributed by atoms with Crippen molar-refractivity contribution in [2.75, 3.05) is 18.5 Å². The smallest absolute Gasteiger partial charge is 0.409 e. The normalized spacial score (nSPS) is 11.6. The zero-order valence-electron chi connectivity index (χ0n) is 18.4. The summed E-state index contributed by atoms with van der Waals surface area (Å²) in [4.78, 5) is 13.5. The lowest BCUT2D eigenvalue weighted by atomic mass is 9.99. The molecule has 0 aliphatic carbocycles. The van der Waals surface area contributed by atoms with Gasteiger partial charge in [-0.15, -0.1) is 0 Å². The van der Waals surface area contributed by atoms with Gasteiger partial charge in [0.05, 0.1) is 23.9 Å². The molecule has 6 nitrogen and oxygen atoms in total. The average Bonchev–Trinajstić information content (AvgIpc) is 3.26. The topological polar surface area (TPSA) is 73.4 Å². The van der Waals surface area contributed by atoms with Crippen molar-refractivity contribution in [2.24, 2.45) is 5.73 Å². The maximum absolute atomic E-state index is 13.9.